The van der Waals surface area contributed by atoms with Gasteiger partial charge in [0.05, 0.1) is 14.2 Å². The summed E-state index contributed by atoms with van der Waals surface area (Å²) in [6.45, 7) is 2.21. The summed E-state index contributed by atoms with van der Waals surface area (Å²) in [4.78, 5) is 25.2. The molecule has 0 aliphatic heterocycles. The fraction of sp³-hybridized carbons (Fsp3) is 0.579. The van der Waals surface area contributed by atoms with Gasteiger partial charge >= 0.3 is 6.03 Å². The van der Waals surface area contributed by atoms with Crippen LogP contribution in [-0.2, 0) is 11.3 Å². The van der Waals surface area contributed by atoms with Gasteiger partial charge in [0, 0.05) is 11.6 Å². The van der Waals surface area contributed by atoms with Gasteiger partial charge in [0.1, 0.15) is 6.54 Å². The molecule has 0 bridgehead atoms. The molecule has 0 aromatic heterocycles. The minimum Gasteiger partial charge on any atom is -0.494 e. The highest BCUT2D eigenvalue weighted by atomic mass is 19.1. The molecule has 0 spiro atoms. The molecule has 26 heavy (non-hydrogen) atoms. The molecular formula is C19H29FN3O3+. The van der Waals surface area contributed by atoms with Crippen molar-refractivity contribution in [2.24, 2.45) is 0 Å². The van der Waals surface area contributed by atoms with Gasteiger partial charge in [-0.15, -0.1) is 0 Å². The van der Waals surface area contributed by atoms with Crippen LogP contribution in [0.15, 0.2) is 18.2 Å². The lowest BCUT2D eigenvalue weighted by atomic mass is 9.96. The molecular weight excluding hydrogens is 337 g/mol. The highest BCUT2D eigenvalue weighted by Gasteiger charge is 2.25. The Morgan fingerprint density at radius 2 is 2.00 bits per heavy atom. The number of urea groups is 1. The van der Waals surface area contributed by atoms with Crippen molar-refractivity contribution in [2.75, 3.05) is 14.2 Å². The number of carbonyl (C=O) groups excluding carboxylic acids is 2. The molecule has 2 rings (SSSR count). The van der Waals surface area contributed by atoms with Crippen molar-refractivity contribution >= 4 is 11.9 Å². The third kappa shape index (κ3) is 5.69. The second kappa shape index (κ2) is 9.52. The van der Waals surface area contributed by atoms with E-state index in [1.54, 1.807) is 19.1 Å². The lowest BCUT2D eigenvalue weighted by molar-refractivity contribution is -0.908. The van der Waals surface area contributed by atoms with Crippen molar-refractivity contribution in [1.29, 1.82) is 0 Å². The number of benzene rings is 1. The van der Waals surface area contributed by atoms with E-state index < -0.39 is 17.9 Å². The van der Waals surface area contributed by atoms with Gasteiger partial charge in [0.25, 0.3) is 5.91 Å². The number of hydrogen-bond acceptors (Lipinski definition) is 3. The average molecular weight is 366 g/mol. The molecule has 1 aromatic rings. The van der Waals surface area contributed by atoms with Crippen LogP contribution in [0.1, 0.15) is 44.6 Å². The highest BCUT2D eigenvalue weighted by Crippen LogP contribution is 2.17. The van der Waals surface area contributed by atoms with Crippen molar-refractivity contribution in [3.63, 3.8) is 0 Å². The van der Waals surface area contributed by atoms with Crippen LogP contribution in [0.5, 0.6) is 5.75 Å². The van der Waals surface area contributed by atoms with Crippen molar-refractivity contribution in [3.05, 3.63) is 29.6 Å². The first-order valence-corrected chi connectivity index (χ1v) is 9.16. The number of rotatable bonds is 6. The molecule has 1 aliphatic carbocycles. The number of likely N-dealkylation sites (N-methyl/N-ethyl adjacent to an activating group) is 1. The second-order valence-corrected chi connectivity index (χ2v) is 7.01. The van der Waals surface area contributed by atoms with Gasteiger partial charge in [-0.1, -0.05) is 19.3 Å². The van der Waals surface area contributed by atoms with E-state index in [1.165, 1.54) is 19.6 Å². The van der Waals surface area contributed by atoms with E-state index in [-0.39, 0.29) is 17.7 Å². The van der Waals surface area contributed by atoms with Crippen molar-refractivity contribution in [3.8, 4) is 5.75 Å². The number of halogens is 1. The maximum Gasteiger partial charge on any atom is 0.321 e. The third-order valence-corrected chi connectivity index (χ3v) is 5.01. The maximum absolute atomic E-state index is 13.8. The Kier molecular flexibility index (Phi) is 7.38. The van der Waals surface area contributed by atoms with Crippen LogP contribution in [0.3, 0.4) is 0 Å². The molecule has 1 saturated carbocycles. The van der Waals surface area contributed by atoms with Crippen LogP contribution in [0.2, 0.25) is 0 Å². The van der Waals surface area contributed by atoms with Crippen molar-refractivity contribution < 1.29 is 23.6 Å². The number of nitrogens with one attached hydrogen (secondary N) is 3. The number of imide groups is 1. The molecule has 1 aliphatic rings. The van der Waals surface area contributed by atoms with Crippen LogP contribution in [-0.4, -0.2) is 38.2 Å². The van der Waals surface area contributed by atoms with Gasteiger partial charge in [-0.25, -0.2) is 9.18 Å². The predicted molar refractivity (Wildman–Crippen MR) is 96.6 cm³/mol. The molecule has 7 heteroatoms. The zero-order valence-electron chi connectivity index (χ0n) is 15.7. The molecule has 2 atom stereocenters. The van der Waals surface area contributed by atoms with Gasteiger partial charge in [-0.3, -0.25) is 10.1 Å². The lowest BCUT2D eigenvalue weighted by Crippen LogP contribution is -3.12. The van der Waals surface area contributed by atoms with E-state index in [0.29, 0.717) is 6.54 Å². The van der Waals surface area contributed by atoms with E-state index in [2.05, 4.69) is 10.6 Å². The lowest BCUT2D eigenvalue weighted by Gasteiger charge is -2.24. The Morgan fingerprint density at radius 1 is 1.31 bits per heavy atom. The van der Waals surface area contributed by atoms with E-state index in [4.69, 9.17) is 4.74 Å². The van der Waals surface area contributed by atoms with Crippen molar-refractivity contribution in [2.45, 2.75) is 57.7 Å². The summed E-state index contributed by atoms with van der Waals surface area (Å²) in [6, 6.07) is 4.02. The fourth-order valence-electron chi connectivity index (χ4n) is 3.21. The summed E-state index contributed by atoms with van der Waals surface area (Å²) in [5.41, 5.74) is 0.757. The van der Waals surface area contributed by atoms with Crippen molar-refractivity contribution in [1.82, 2.24) is 10.6 Å². The van der Waals surface area contributed by atoms with Gasteiger partial charge in [-0.2, -0.15) is 0 Å². The Labute approximate surface area is 154 Å². The zero-order chi connectivity index (χ0) is 19.1. The Hall–Kier alpha value is -2.15. The van der Waals surface area contributed by atoms with E-state index in [9.17, 15) is 14.0 Å². The molecule has 0 heterocycles. The Bertz CT molecular complexity index is 632. The third-order valence-electron chi connectivity index (χ3n) is 5.01. The molecule has 3 N–H and O–H groups in total. The summed E-state index contributed by atoms with van der Waals surface area (Å²) in [6.07, 6.45) is 5.35. The van der Waals surface area contributed by atoms with Gasteiger partial charge in [-0.05, 0) is 38.0 Å². The smallest absolute Gasteiger partial charge is 0.321 e. The minimum absolute atomic E-state index is 0.152. The van der Waals surface area contributed by atoms with Gasteiger partial charge in [0.2, 0.25) is 0 Å². The summed E-state index contributed by atoms with van der Waals surface area (Å²) < 4.78 is 18.7. The van der Waals surface area contributed by atoms with Crippen LogP contribution in [0.4, 0.5) is 9.18 Å². The Morgan fingerprint density at radius 3 is 2.62 bits per heavy atom. The van der Waals surface area contributed by atoms with Crippen LogP contribution in [0.25, 0.3) is 0 Å². The fourth-order valence-corrected chi connectivity index (χ4v) is 3.21. The number of amides is 3. The molecule has 1 unspecified atom stereocenters. The minimum atomic E-state index is -0.447. The largest absolute Gasteiger partial charge is 0.494 e. The summed E-state index contributed by atoms with van der Waals surface area (Å²) in [7, 11) is 3.26. The summed E-state index contributed by atoms with van der Waals surface area (Å²) in [5.74, 6) is -0.580. The summed E-state index contributed by atoms with van der Waals surface area (Å²) in [5, 5.41) is 5.29. The normalized spacial score (nSPS) is 17.2. The zero-order valence-corrected chi connectivity index (χ0v) is 15.7. The topological polar surface area (TPSA) is 71.9 Å². The van der Waals surface area contributed by atoms with Gasteiger partial charge < -0.3 is 15.0 Å². The van der Waals surface area contributed by atoms with Crippen LogP contribution in [0, 0.1) is 5.82 Å². The second-order valence-electron chi connectivity index (χ2n) is 7.01. The predicted octanol–water partition coefficient (Wildman–Crippen LogP) is 1.40. The SMILES string of the molecule is COc1ccc(C[NH+](C)[C@H](C)C(=O)NC(=O)NC2CCCCC2)cc1F. The van der Waals surface area contributed by atoms with Gasteiger partial charge in [0.15, 0.2) is 17.6 Å². The van der Waals surface area contributed by atoms with E-state index in [1.807, 2.05) is 7.05 Å². The standard InChI is InChI=1S/C19H28FN3O3/c1-13(18(24)22-19(25)21-15-7-5-4-6-8-15)23(2)12-14-9-10-17(26-3)16(20)11-14/h9-11,13,15H,4-8,12H2,1-3H3,(H2,21,22,24,25)/p+1/t13-/m1/s1. The average Bonchev–Trinajstić information content (AvgIpc) is 2.61. The highest BCUT2D eigenvalue weighted by molar-refractivity contribution is 5.96. The first-order valence-electron chi connectivity index (χ1n) is 9.16. The quantitative estimate of drug-likeness (QED) is 0.713. The molecule has 6 nitrogen and oxygen atoms in total. The van der Waals surface area contributed by atoms with Crippen LogP contribution < -0.4 is 20.3 Å². The molecule has 3 amide bonds. The molecule has 1 fully saturated rings. The first-order chi connectivity index (χ1) is 12.4. The number of carbonyl (C=O) groups is 2. The van der Waals surface area contributed by atoms with E-state index >= 15 is 0 Å². The number of ether oxygens (including phenoxy) is 1. The molecule has 144 valence electrons. The molecule has 1 aromatic carbocycles. The number of hydrogen-bond donors (Lipinski definition) is 3. The van der Waals surface area contributed by atoms with E-state index in [0.717, 1.165) is 36.1 Å². The first kappa shape index (κ1) is 20.2. The van der Waals surface area contributed by atoms with Crippen LogP contribution >= 0.6 is 0 Å². The Balaban J connectivity index is 1.84. The summed E-state index contributed by atoms with van der Waals surface area (Å²) >= 11 is 0. The molecule has 0 saturated heterocycles. The number of methoxy groups -OCH3 is 1. The number of quaternary nitrogens is 1. The molecule has 0 radical (unpaired) electrons. The maximum atomic E-state index is 13.8. The monoisotopic (exact) mass is 366 g/mol.